The van der Waals surface area contributed by atoms with Gasteiger partial charge in [-0.3, -0.25) is 9.59 Å². The summed E-state index contributed by atoms with van der Waals surface area (Å²) >= 11 is 0. The van der Waals surface area contributed by atoms with Crippen molar-refractivity contribution in [1.82, 2.24) is 0 Å². The summed E-state index contributed by atoms with van der Waals surface area (Å²) in [5.41, 5.74) is 0.928. The molecule has 0 aliphatic heterocycles. The third kappa shape index (κ3) is 8.04. The van der Waals surface area contributed by atoms with Gasteiger partial charge in [-0.05, 0) is 36.7 Å². The number of benzene rings is 1. The highest BCUT2D eigenvalue weighted by molar-refractivity contribution is 5.82. The number of ether oxygens (including phenoxy) is 2. The van der Waals surface area contributed by atoms with E-state index in [0.717, 1.165) is 24.8 Å². The summed E-state index contributed by atoms with van der Waals surface area (Å²) in [6.07, 6.45) is 6.96. The van der Waals surface area contributed by atoms with Crippen molar-refractivity contribution in [2.75, 3.05) is 7.11 Å². The molecule has 5 atom stereocenters. The van der Waals surface area contributed by atoms with Crippen LogP contribution in [0.4, 0.5) is 0 Å². The monoisotopic (exact) mass is 402 g/mol. The number of hydrogen-bond acceptors (Lipinski definition) is 4. The van der Waals surface area contributed by atoms with E-state index < -0.39 is 11.8 Å². The second-order valence-corrected chi connectivity index (χ2v) is 8.16. The molecular formula is C25H38O4. The average molecular weight is 403 g/mol. The van der Waals surface area contributed by atoms with Gasteiger partial charge in [0, 0.05) is 0 Å². The van der Waals surface area contributed by atoms with Crippen molar-refractivity contribution in [3.05, 3.63) is 48.0 Å². The highest BCUT2D eigenvalue weighted by Crippen LogP contribution is 2.35. The van der Waals surface area contributed by atoms with Gasteiger partial charge in [-0.1, -0.05) is 83.0 Å². The minimum atomic E-state index is -0.578. The van der Waals surface area contributed by atoms with Crippen LogP contribution in [0.1, 0.15) is 59.4 Å². The number of carbonyl (C=O) groups excluding carboxylic acids is 2. The summed E-state index contributed by atoms with van der Waals surface area (Å²) in [5.74, 6) is -1.41. The van der Waals surface area contributed by atoms with Crippen LogP contribution < -0.4 is 0 Å². The first kappa shape index (κ1) is 24.9. The summed E-state index contributed by atoms with van der Waals surface area (Å²) in [6.45, 7) is 10.5. The standard InChI is InChI=1S/C25H38O4/c1-7-12-18(3)16-20(5)23(24(26)28-6)22(19(4)13-8-2)25(27)29-17-21-14-10-9-11-15-21/h8-11,13-15,18-20,22-23H,7,12,16-17H2,1-6H3/b13-8+. The van der Waals surface area contributed by atoms with Gasteiger partial charge in [0.15, 0.2) is 0 Å². The molecule has 0 saturated carbocycles. The van der Waals surface area contributed by atoms with E-state index in [1.54, 1.807) is 0 Å². The summed E-state index contributed by atoms with van der Waals surface area (Å²) in [4.78, 5) is 25.9. The predicted octanol–water partition coefficient (Wildman–Crippen LogP) is 5.81. The molecule has 1 aromatic carbocycles. The van der Waals surface area contributed by atoms with Gasteiger partial charge >= 0.3 is 11.9 Å². The average Bonchev–Trinajstić information content (AvgIpc) is 2.70. The molecule has 4 heteroatoms. The summed E-state index contributed by atoms with van der Waals surface area (Å²) < 4.78 is 10.8. The van der Waals surface area contributed by atoms with Crippen molar-refractivity contribution in [2.45, 2.75) is 60.5 Å². The maximum absolute atomic E-state index is 13.1. The molecule has 4 nitrogen and oxygen atoms in total. The number of esters is 2. The molecule has 0 radical (unpaired) electrons. The lowest BCUT2D eigenvalue weighted by Crippen LogP contribution is -2.40. The van der Waals surface area contributed by atoms with Crippen LogP contribution in [-0.4, -0.2) is 19.0 Å². The molecule has 0 fully saturated rings. The van der Waals surface area contributed by atoms with Gasteiger partial charge in [-0.15, -0.1) is 0 Å². The topological polar surface area (TPSA) is 52.6 Å². The lowest BCUT2D eigenvalue weighted by atomic mass is 9.73. The Morgan fingerprint density at radius 3 is 2.24 bits per heavy atom. The Balaban J connectivity index is 3.09. The zero-order chi connectivity index (χ0) is 21.8. The molecule has 0 saturated heterocycles. The van der Waals surface area contributed by atoms with Crippen LogP contribution >= 0.6 is 0 Å². The van der Waals surface area contributed by atoms with Crippen molar-refractivity contribution >= 4 is 11.9 Å². The van der Waals surface area contributed by atoms with E-state index in [4.69, 9.17) is 9.47 Å². The Kier molecular flexibility index (Phi) is 11.3. The van der Waals surface area contributed by atoms with E-state index in [1.165, 1.54) is 7.11 Å². The number of carbonyl (C=O) groups is 2. The minimum Gasteiger partial charge on any atom is -0.469 e. The maximum Gasteiger partial charge on any atom is 0.310 e. The molecule has 0 N–H and O–H groups in total. The molecule has 0 bridgehead atoms. The molecule has 5 unspecified atom stereocenters. The van der Waals surface area contributed by atoms with Gasteiger partial charge in [0.2, 0.25) is 0 Å². The van der Waals surface area contributed by atoms with Gasteiger partial charge in [0.05, 0.1) is 18.9 Å². The number of hydrogen-bond donors (Lipinski definition) is 0. The molecule has 0 aromatic heterocycles. The Morgan fingerprint density at radius 2 is 1.69 bits per heavy atom. The first-order valence-electron chi connectivity index (χ1n) is 10.8. The van der Waals surface area contributed by atoms with Crippen LogP contribution in [0.5, 0.6) is 0 Å². The zero-order valence-corrected chi connectivity index (χ0v) is 18.9. The smallest absolute Gasteiger partial charge is 0.310 e. The molecule has 1 aromatic rings. The SMILES string of the molecule is C/C=C/C(C)C(C(=O)OCc1ccccc1)C(C(=O)OC)C(C)CC(C)CCC. The van der Waals surface area contributed by atoms with Crippen LogP contribution in [0.3, 0.4) is 0 Å². The third-order valence-electron chi connectivity index (χ3n) is 5.59. The third-order valence-corrected chi connectivity index (χ3v) is 5.59. The summed E-state index contributed by atoms with van der Waals surface area (Å²) in [7, 11) is 1.39. The van der Waals surface area contributed by atoms with Gasteiger partial charge in [0.25, 0.3) is 0 Å². The number of methoxy groups -OCH3 is 1. The van der Waals surface area contributed by atoms with E-state index >= 15 is 0 Å². The van der Waals surface area contributed by atoms with Crippen molar-refractivity contribution in [3.63, 3.8) is 0 Å². The zero-order valence-electron chi connectivity index (χ0n) is 18.9. The number of allylic oxidation sites excluding steroid dienone is 2. The first-order valence-corrected chi connectivity index (χ1v) is 10.8. The van der Waals surface area contributed by atoms with Crippen molar-refractivity contribution in [1.29, 1.82) is 0 Å². The maximum atomic E-state index is 13.1. The van der Waals surface area contributed by atoms with Crippen molar-refractivity contribution < 1.29 is 19.1 Å². The number of rotatable bonds is 12. The van der Waals surface area contributed by atoms with Gasteiger partial charge in [-0.2, -0.15) is 0 Å². The molecular weight excluding hydrogens is 364 g/mol. The molecule has 162 valence electrons. The molecule has 0 aliphatic carbocycles. The quantitative estimate of drug-likeness (QED) is 0.327. The second kappa shape index (κ2) is 13.2. The van der Waals surface area contributed by atoms with Crippen LogP contribution in [-0.2, 0) is 25.7 Å². The van der Waals surface area contributed by atoms with Crippen LogP contribution in [0, 0.1) is 29.6 Å². The molecule has 0 heterocycles. The normalized spacial score (nSPS) is 16.6. The Labute approximate surface area is 176 Å². The van der Waals surface area contributed by atoms with Crippen molar-refractivity contribution in [3.8, 4) is 0 Å². The van der Waals surface area contributed by atoms with Gasteiger partial charge in [-0.25, -0.2) is 0 Å². The first-order chi connectivity index (χ1) is 13.8. The highest BCUT2D eigenvalue weighted by Gasteiger charge is 2.42. The Hall–Kier alpha value is -2.10. The lowest BCUT2D eigenvalue weighted by molar-refractivity contribution is -0.164. The van der Waals surface area contributed by atoms with Crippen LogP contribution in [0.25, 0.3) is 0 Å². The van der Waals surface area contributed by atoms with E-state index in [9.17, 15) is 9.59 Å². The fourth-order valence-electron chi connectivity index (χ4n) is 4.20. The molecule has 0 spiro atoms. The fourth-order valence-corrected chi connectivity index (χ4v) is 4.20. The van der Waals surface area contributed by atoms with E-state index in [2.05, 4.69) is 13.8 Å². The van der Waals surface area contributed by atoms with Crippen LogP contribution in [0.15, 0.2) is 42.5 Å². The van der Waals surface area contributed by atoms with Gasteiger partial charge < -0.3 is 9.47 Å². The van der Waals surface area contributed by atoms with E-state index in [0.29, 0.717) is 5.92 Å². The molecule has 29 heavy (non-hydrogen) atoms. The fraction of sp³-hybridized carbons (Fsp3) is 0.600. The van der Waals surface area contributed by atoms with E-state index in [-0.39, 0.29) is 30.4 Å². The second-order valence-electron chi connectivity index (χ2n) is 8.16. The minimum absolute atomic E-state index is 0.0194. The predicted molar refractivity (Wildman–Crippen MR) is 117 cm³/mol. The van der Waals surface area contributed by atoms with Gasteiger partial charge in [0.1, 0.15) is 6.61 Å². The Morgan fingerprint density at radius 1 is 1.03 bits per heavy atom. The van der Waals surface area contributed by atoms with E-state index in [1.807, 2.05) is 63.3 Å². The summed E-state index contributed by atoms with van der Waals surface area (Å²) in [5, 5.41) is 0. The molecule has 0 amide bonds. The van der Waals surface area contributed by atoms with Crippen molar-refractivity contribution in [2.24, 2.45) is 29.6 Å². The largest absolute Gasteiger partial charge is 0.469 e. The summed E-state index contributed by atoms with van der Waals surface area (Å²) in [6, 6.07) is 9.60. The highest BCUT2D eigenvalue weighted by atomic mass is 16.5. The molecule has 1 rings (SSSR count). The lowest BCUT2D eigenvalue weighted by Gasteiger charge is -2.32. The Bertz CT molecular complexity index is 637. The van der Waals surface area contributed by atoms with Crippen LogP contribution in [0.2, 0.25) is 0 Å². The molecule has 0 aliphatic rings.